The Balaban J connectivity index is 1.94. The van der Waals surface area contributed by atoms with E-state index in [9.17, 15) is 14.4 Å². The minimum atomic E-state index is -0.848. The molecule has 0 aromatic carbocycles. The minimum absolute atomic E-state index is 0.0666. The third kappa shape index (κ3) is 3.21. The molecule has 0 unspecified atom stereocenters. The Kier molecular flexibility index (Phi) is 3.69. The Morgan fingerprint density at radius 3 is 2.58 bits per heavy atom. The molecule has 0 spiro atoms. The van der Waals surface area contributed by atoms with Gasteiger partial charge < -0.3 is 14.8 Å². The van der Waals surface area contributed by atoms with Crippen molar-refractivity contribution in [2.45, 2.75) is 25.7 Å². The molecule has 1 fully saturated rings. The summed E-state index contributed by atoms with van der Waals surface area (Å²) in [4.78, 5) is 33.4. The van der Waals surface area contributed by atoms with Gasteiger partial charge in [-0.2, -0.15) is 0 Å². The molecule has 1 saturated carbocycles. The molecule has 1 amide bonds. The van der Waals surface area contributed by atoms with Crippen LogP contribution >= 0.6 is 0 Å². The zero-order valence-electron chi connectivity index (χ0n) is 10.3. The predicted octanol–water partition coefficient (Wildman–Crippen LogP) is 1.01. The fourth-order valence-corrected chi connectivity index (χ4v) is 2.27. The largest absolute Gasteiger partial charge is 0.481 e. The topological polar surface area (TPSA) is 96.6 Å². The van der Waals surface area contributed by atoms with E-state index in [1.807, 2.05) is 0 Å². The van der Waals surface area contributed by atoms with Crippen LogP contribution in [0.4, 0.5) is 0 Å². The van der Waals surface area contributed by atoms with E-state index in [-0.39, 0.29) is 23.3 Å². The molecular formula is C13H15NO5. The van der Waals surface area contributed by atoms with Crippen molar-refractivity contribution in [2.75, 3.05) is 6.54 Å². The van der Waals surface area contributed by atoms with Crippen LogP contribution in [0.5, 0.6) is 0 Å². The summed E-state index contributed by atoms with van der Waals surface area (Å²) in [6.45, 7) is 0.331. The van der Waals surface area contributed by atoms with Crippen LogP contribution in [0, 0.1) is 5.41 Å². The lowest BCUT2D eigenvalue weighted by atomic mass is 9.66. The van der Waals surface area contributed by atoms with E-state index in [1.165, 1.54) is 12.1 Å². The van der Waals surface area contributed by atoms with Crippen LogP contribution in [0.25, 0.3) is 0 Å². The Morgan fingerprint density at radius 2 is 2.11 bits per heavy atom. The van der Waals surface area contributed by atoms with Crippen LogP contribution < -0.4 is 10.9 Å². The van der Waals surface area contributed by atoms with Gasteiger partial charge in [-0.05, 0) is 24.3 Å². The highest BCUT2D eigenvalue weighted by Crippen LogP contribution is 2.43. The summed E-state index contributed by atoms with van der Waals surface area (Å²) < 4.78 is 4.61. The van der Waals surface area contributed by atoms with Crippen LogP contribution in [0.2, 0.25) is 0 Å². The van der Waals surface area contributed by atoms with E-state index >= 15 is 0 Å². The summed E-state index contributed by atoms with van der Waals surface area (Å²) in [7, 11) is 0. The van der Waals surface area contributed by atoms with Gasteiger partial charge in [0.1, 0.15) is 6.26 Å². The Labute approximate surface area is 109 Å². The first-order valence-electron chi connectivity index (χ1n) is 6.10. The summed E-state index contributed by atoms with van der Waals surface area (Å²) in [5, 5.41) is 11.6. The Morgan fingerprint density at radius 1 is 1.37 bits per heavy atom. The van der Waals surface area contributed by atoms with Gasteiger partial charge in [0.25, 0.3) is 5.91 Å². The summed E-state index contributed by atoms with van der Waals surface area (Å²) in [6.07, 6.45) is 3.77. The maximum absolute atomic E-state index is 11.8. The van der Waals surface area contributed by atoms with Gasteiger partial charge in [-0.25, -0.2) is 4.79 Å². The summed E-state index contributed by atoms with van der Waals surface area (Å²) in [6, 6.07) is 2.55. The second-order valence-electron chi connectivity index (χ2n) is 4.95. The maximum atomic E-state index is 11.8. The highest BCUT2D eigenvalue weighted by atomic mass is 16.4. The SMILES string of the molecule is O=C(O)CC1(CNC(=O)c2ccc(=O)oc2)CCC1. The van der Waals surface area contributed by atoms with Crippen molar-refractivity contribution in [1.82, 2.24) is 5.32 Å². The molecule has 2 N–H and O–H groups in total. The average molecular weight is 265 g/mol. The quantitative estimate of drug-likeness (QED) is 0.828. The van der Waals surface area contributed by atoms with Gasteiger partial charge in [-0.3, -0.25) is 9.59 Å². The molecular weight excluding hydrogens is 250 g/mol. The van der Waals surface area contributed by atoms with Gasteiger partial charge in [-0.1, -0.05) is 6.42 Å². The van der Waals surface area contributed by atoms with Crippen LogP contribution in [0.3, 0.4) is 0 Å². The lowest BCUT2D eigenvalue weighted by molar-refractivity contribution is -0.141. The summed E-state index contributed by atoms with van der Waals surface area (Å²) in [5.41, 5.74) is -0.584. The first-order valence-corrected chi connectivity index (χ1v) is 6.10. The molecule has 102 valence electrons. The number of hydrogen-bond acceptors (Lipinski definition) is 4. The molecule has 1 aliphatic rings. The molecule has 1 aliphatic carbocycles. The van der Waals surface area contributed by atoms with E-state index in [0.29, 0.717) is 6.54 Å². The molecule has 1 heterocycles. The van der Waals surface area contributed by atoms with Crippen LogP contribution in [0.15, 0.2) is 27.6 Å². The molecule has 0 radical (unpaired) electrons. The third-order valence-corrected chi connectivity index (χ3v) is 3.53. The number of carbonyl (C=O) groups is 2. The monoisotopic (exact) mass is 265 g/mol. The fraction of sp³-hybridized carbons (Fsp3) is 0.462. The second-order valence-corrected chi connectivity index (χ2v) is 4.95. The van der Waals surface area contributed by atoms with E-state index in [2.05, 4.69) is 9.73 Å². The standard InChI is InChI=1S/C13H15NO5/c15-10(16)6-13(4-1-5-13)8-14-12(18)9-2-3-11(17)19-7-9/h2-3,7H,1,4-6,8H2,(H,14,18)(H,15,16). The molecule has 6 nitrogen and oxygen atoms in total. The maximum Gasteiger partial charge on any atom is 0.335 e. The molecule has 6 heteroatoms. The summed E-state index contributed by atoms with van der Waals surface area (Å²) >= 11 is 0. The number of carboxylic acids is 1. The van der Waals surface area contributed by atoms with Crippen LogP contribution in [-0.2, 0) is 4.79 Å². The van der Waals surface area contributed by atoms with Crippen molar-refractivity contribution in [3.05, 3.63) is 34.4 Å². The smallest absolute Gasteiger partial charge is 0.335 e. The van der Waals surface area contributed by atoms with Gasteiger partial charge in [0.2, 0.25) is 0 Å². The number of rotatable bonds is 5. The van der Waals surface area contributed by atoms with Crippen molar-refractivity contribution in [1.29, 1.82) is 0 Å². The van der Waals surface area contributed by atoms with Crippen molar-refractivity contribution in [3.63, 3.8) is 0 Å². The molecule has 0 atom stereocenters. The van der Waals surface area contributed by atoms with E-state index in [0.717, 1.165) is 25.5 Å². The lowest BCUT2D eigenvalue weighted by Crippen LogP contribution is -2.43. The number of hydrogen-bond donors (Lipinski definition) is 2. The molecule has 0 aliphatic heterocycles. The number of nitrogens with one attached hydrogen (secondary N) is 1. The van der Waals surface area contributed by atoms with Gasteiger partial charge in [-0.15, -0.1) is 0 Å². The molecule has 2 rings (SSSR count). The van der Waals surface area contributed by atoms with Crippen molar-refractivity contribution in [3.8, 4) is 0 Å². The number of amides is 1. The molecule has 0 saturated heterocycles. The zero-order valence-corrected chi connectivity index (χ0v) is 10.3. The Bertz CT molecular complexity index is 524. The molecule has 19 heavy (non-hydrogen) atoms. The normalized spacial score (nSPS) is 16.4. The third-order valence-electron chi connectivity index (χ3n) is 3.53. The Hall–Kier alpha value is -2.11. The predicted molar refractivity (Wildman–Crippen MR) is 65.8 cm³/mol. The number of carbonyl (C=O) groups excluding carboxylic acids is 1. The molecule has 1 aromatic heterocycles. The second kappa shape index (κ2) is 5.26. The highest BCUT2D eigenvalue weighted by Gasteiger charge is 2.39. The van der Waals surface area contributed by atoms with Gasteiger partial charge in [0.05, 0.1) is 12.0 Å². The fourth-order valence-electron chi connectivity index (χ4n) is 2.27. The number of carboxylic acid groups (broad SMARTS) is 1. The van der Waals surface area contributed by atoms with Crippen molar-refractivity contribution >= 4 is 11.9 Å². The first-order chi connectivity index (χ1) is 9.01. The van der Waals surface area contributed by atoms with Gasteiger partial charge >= 0.3 is 11.6 Å². The first kappa shape index (κ1) is 13.3. The van der Waals surface area contributed by atoms with E-state index < -0.39 is 11.6 Å². The van der Waals surface area contributed by atoms with Gasteiger partial charge in [0, 0.05) is 12.6 Å². The van der Waals surface area contributed by atoms with E-state index in [1.54, 1.807) is 0 Å². The zero-order chi connectivity index (χ0) is 13.9. The van der Waals surface area contributed by atoms with Crippen LogP contribution in [0.1, 0.15) is 36.0 Å². The van der Waals surface area contributed by atoms with Crippen molar-refractivity contribution < 1.29 is 19.1 Å². The highest BCUT2D eigenvalue weighted by molar-refractivity contribution is 5.93. The summed E-state index contributed by atoms with van der Waals surface area (Å²) in [5.74, 6) is -1.21. The van der Waals surface area contributed by atoms with E-state index in [4.69, 9.17) is 5.11 Å². The average Bonchev–Trinajstić information content (AvgIpc) is 2.32. The molecule has 0 bridgehead atoms. The van der Waals surface area contributed by atoms with Gasteiger partial charge in [0.15, 0.2) is 0 Å². The molecule has 1 aromatic rings. The lowest BCUT2D eigenvalue weighted by Gasteiger charge is -2.40. The van der Waals surface area contributed by atoms with Crippen molar-refractivity contribution in [2.24, 2.45) is 5.41 Å². The van der Waals surface area contributed by atoms with Crippen LogP contribution in [-0.4, -0.2) is 23.5 Å². The minimum Gasteiger partial charge on any atom is -0.481 e. The number of aliphatic carboxylic acids is 1.